The Kier molecular flexibility index (Phi) is 2.56. The highest BCUT2D eigenvalue weighted by Gasteiger charge is 2.25. The molecule has 0 radical (unpaired) electrons. The molecule has 1 aromatic carbocycles. The number of hydrogen-bond acceptors (Lipinski definition) is 1. The van der Waals surface area contributed by atoms with Crippen LogP contribution in [0.3, 0.4) is 0 Å². The van der Waals surface area contributed by atoms with E-state index in [1.807, 2.05) is 0 Å². The minimum atomic E-state index is 0.766. The summed E-state index contributed by atoms with van der Waals surface area (Å²) >= 11 is 0. The lowest BCUT2D eigenvalue weighted by atomic mass is 9.87. The third-order valence-electron chi connectivity index (χ3n) is 3.92. The van der Waals surface area contributed by atoms with Gasteiger partial charge in [0.15, 0.2) is 0 Å². The minimum absolute atomic E-state index is 0.766. The number of fused-ring (bicyclic) bond motifs is 3. The molecule has 0 fully saturated rings. The molecule has 1 aromatic rings. The third-order valence-corrected chi connectivity index (χ3v) is 3.92. The zero-order valence-electron chi connectivity index (χ0n) is 9.95. The van der Waals surface area contributed by atoms with E-state index in [-0.39, 0.29) is 0 Å². The van der Waals surface area contributed by atoms with Crippen molar-refractivity contribution in [2.75, 3.05) is 20.1 Å². The second-order valence-corrected chi connectivity index (χ2v) is 5.13. The molecular weight excluding hydrogens is 194 g/mol. The summed E-state index contributed by atoms with van der Waals surface area (Å²) in [5, 5.41) is 0. The smallest absolute Gasteiger partial charge is 0.0166 e. The highest BCUT2D eigenvalue weighted by molar-refractivity contribution is 5.71. The second-order valence-electron chi connectivity index (χ2n) is 5.13. The van der Waals surface area contributed by atoms with Crippen LogP contribution in [0.25, 0.3) is 5.57 Å². The van der Waals surface area contributed by atoms with Gasteiger partial charge in [-0.15, -0.1) is 0 Å². The SMILES string of the molecule is CN1CC=C2c3ccccc3CCCC2C1. The van der Waals surface area contributed by atoms with Crippen molar-refractivity contribution in [3.63, 3.8) is 0 Å². The van der Waals surface area contributed by atoms with Gasteiger partial charge in [-0.2, -0.15) is 0 Å². The van der Waals surface area contributed by atoms with Crippen LogP contribution in [-0.2, 0) is 6.42 Å². The van der Waals surface area contributed by atoms with E-state index in [0.29, 0.717) is 0 Å². The van der Waals surface area contributed by atoms with Crippen molar-refractivity contribution in [1.82, 2.24) is 4.90 Å². The second kappa shape index (κ2) is 4.06. The summed E-state index contributed by atoms with van der Waals surface area (Å²) in [5.74, 6) is 0.766. The summed E-state index contributed by atoms with van der Waals surface area (Å²) in [4.78, 5) is 2.43. The van der Waals surface area contributed by atoms with Gasteiger partial charge in [0.2, 0.25) is 0 Å². The van der Waals surface area contributed by atoms with Gasteiger partial charge in [-0.25, -0.2) is 0 Å². The average molecular weight is 213 g/mol. The fourth-order valence-corrected chi connectivity index (χ4v) is 3.11. The third kappa shape index (κ3) is 1.69. The Morgan fingerprint density at radius 2 is 2.12 bits per heavy atom. The van der Waals surface area contributed by atoms with Gasteiger partial charge >= 0.3 is 0 Å². The van der Waals surface area contributed by atoms with E-state index in [2.05, 4.69) is 42.3 Å². The van der Waals surface area contributed by atoms with Crippen molar-refractivity contribution in [3.8, 4) is 0 Å². The molecule has 1 aliphatic heterocycles. The molecule has 0 bridgehead atoms. The molecule has 1 aliphatic carbocycles. The molecule has 84 valence electrons. The molecular formula is C15H19N. The lowest BCUT2D eigenvalue weighted by molar-refractivity contribution is 0.310. The minimum Gasteiger partial charge on any atom is -0.302 e. The van der Waals surface area contributed by atoms with Crippen LogP contribution in [0.2, 0.25) is 0 Å². The van der Waals surface area contributed by atoms with Crippen LogP contribution in [0, 0.1) is 5.92 Å². The first kappa shape index (κ1) is 10.1. The van der Waals surface area contributed by atoms with Gasteiger partial charge in [-0.05, 0) is 48.9 Å². The standard InChI is InChI=1S/C15H19N/c1-16-10-9-15-13(11-16)7-4-6-12-5-2-3-8-14(12)15/h2-3,5,8-9,13H,4,6-7,10-11H2,1H3. The monoisotopic (exact) mass is 213 g/mol. The maximum Gasteiger partial charge on any atom is 0.0166 e. The zero-order chi connectivity index (χ0) is 11.0. The fourth-order valence-electron chi connectivity index (χ4n) is 3.11. The molecule has 1 nitrogen and oxygen atoms in total. The summed E-state index contributed by atoms with van der Waals surface area (Å²) in [7, 11) is 2.23. The largest absolute Gasteiger partial charge is 0.302 e. The lowest BCUT2D eigenvalue weighted by Gasteiger charge is -2.30. The van der Waals surface area contributed by atoms with Gasteiger partial charge in [0.05, 0.1) is 0 Å². The van der Waals surface area contributed by atoms with Gasteiger partial charge in [0, 0.05) is 13.1 Å². The number of hydrogen-bond donors (Lipinski definition) is 0. The molecule has 0 aromatic heterocycles. The maximum absolute atomic E-state index is 2.44. The van der Waals surface area contributed by atoms with Crippen LogP contribution in [0.4, 0.5) is 0 Å². The normalized spacial score (nSPS) is 25.3. The molecule has 16 heavy (non-hydrogen) atoms. The molecule has 1 heteroatoms. The fraction of sp³-hybridized carbons (Fsp3) is 0.467. The molecule has 1 heterocycles. The van der Waals surface area contributed by atoms with E-state index >= 15 is 0 Å². The van der Waals surface area contributed by atoms with Crippen LogP contribution in [0.15, 0.2) is 30.3 Å². The Morgan fingerprint density at radius 3 is 3.06 bits per heavy atom. The summed E-state index contributed by atoms with van der Waals surface area (Å²) in [6.07, 6.45) is 6.39. The average Bonchev–Trinajstić information content (AvgIpc) is 2.47. The molecule has 0 amide bonds. The van der Waals surface area contributed by atoms with Crippen LogP contribution in [0.5, 0.6) is 0 Å². The molecule has 1 unspecified atom stereocenters. The van der Waals surface area contributed by atoms with Crippen molar-refractivity contribution in [2.45, 2.75) is 19.3 Å². The van der Waals surface area contributed by atoms with Crippen molar-refractivity contribution in [3.05, 3.63) is 41.5 Å². The number of benzene rings is 1. The van der Waals surface area contributed by atoms with E-state index in [0.717, 1.165) is 12.5 Å². The van der Waals surface area contributed by atoms with Gasteiger partial charge in [-0.1, -0.05) is 30.3 Å². The quantitative estimate of drug-likeness (QED) is 0.640. The van der Waals surface area contributed by atoms with Crippen LogP contribution in [0.1, 0.15) is 24.0 Å². The summed E-state index contributed by atoms with van der Waals surface area (Å²) in [6.45, 7) is 2.35. The Hall–Kier alpha value is -1.08. The molecule has 3 rings (SSSR count). The summed E-state index contributed by atoms with van der Waals surface area (Å²) in [5.41, 5.74) is 4.70. The van der Waals surface area contributed by atoms with Gasteiger partial charge < -0.3 is 4.90 Å². The number of rotatable bonds is 0. The number of likely N-dealkylation sites (N-methyl/N-ethyl adjacent to an activating group) is 1. The highest BCUT2D eigenvalue weighted by Crippen LogP contribution is 2.36. The van der Waals surface area contributed by atoms with Crippen molar-refractivity contribution in [1.29, 1.82) is 0 Å². The maximum atomic E-state index is 2.44. The Morgan fingerprint density at radius 1 is 1.25 bits per heavy atom. The summed E-state index contributed by atoms with van der Waals surface area (Å²) in [6, 6.07) is 8.97. The van der Waals surface area contributed by atoms with Gasteiger partial charge in [-0.3, -0.25) is 0 Å². The van der Waals surface area contributed by atoms with Gasteiger partial charge in [0.1, 0.15) is 0 Å². The van der Waals surface area contributed by atoms with E-state index < -0.39 is 0 Å². The van der Waals surface area contributed by atoms with Gasteiger partial charge in [0.25, 0.3) is 0 Å². The first-order valence-electron chi connectivity index (χ1n) is 6.31. The molecule has 0 spiro atoms. The summed E-state index contributed by atoms with van der Waals surface area (Å²) < 4.78 is 0. The first-order chi connectivity index (χ1) is 7.84. The van der Waals surface area contributed by atoms with Crippen molar-refractivity contribution in [2.24, 2.45) is 5.92 Å². The van der Waals surface area contributed by atoms with Crippen LogP contribution < -0.4 is 0 Å². The van der Waals surface area contributed by atoms with Crippen LogP contribution >= 0.6 is 0 Å². The highest BCUT2D eigenvalue weighted by atomic mass is 15.1. The predicted molar refractivity (Wildman–Crippen MR) is 68.3 cm³/mol. The number of nitrogens with zero attached hydrogens (tertiary/aromatic N) is 1. The van der Waals surface area contributed by atoms with E-state index in [9.17, 15) is 0 Å². The molecule has 0 saturated carbocycles. The van der Waals surface area contributed by atoms with E-state index in [1.165, 1.54) is 31.4 Å². The predicted octanol–water partition coefficient (Wildman–Crippen LogP) is 2.97. The Bertz CT molecular complexity index is 419. The molecule has 0 saturated heterocycles. The van der Waals surface area contributed by atoms with E-state index in [1.54, 1.807) is 11.1 Å². The topological polar surface area (TPSA) is 3.24 Å². The Labute approximate surface area is 97.8 Å². The lowest BCUT2D eigenvalue weighted by Crippen LogP contribution is -2.30. The zero-order valence-corrected chi connectivity index (χ0v) is 9.95. The van der Waals surface area contributed by atoms with Crippen molar-refractivity contribution >= 4 is 5.57 Å². The van der Waals surface area contributed by atoms with Crippen LogP contribution in [-0.4, -0.2) is 25.0 Å². The van der Waals surface area contributed by atoms with Crippen molar-refractivity contribution < 1.29 is 0 Å². The molecule has 1 atom stereocenters. The molecule has 0 N–H and O–H groups in total. The number of aryl methyl sites for hydroxylation is 1. The Balaban J connectivity index is 2.06. The first-order valence-corrected chi connectivity index (χ1v) is 6.31. The molecule has 2 aliphatic rings. The van der Waals surface area contributed by atoms with E-state index in [4.69, 9.17) is 0 Å².